The number of aliphatic hydroxyl groups is 1. The molecule has 0 aliphatic carbocycles. The van der Waals surface area contributed by atoms with Crippen LogP contribution in [0.3, 0.4) is 0 Å². The van der Waals surface area contributed by atoms with Gasteiger partial charge in [-0.3, -0.25) is 4.79 Å². The fraction of sp³-hybridized carbons (Fsp3) is 0.417. The van der Waals surface area contributed by atoms with Crippen molar-refractivity contribution in [2.24, 2.45) is 0 Å². The Balaban J connectivity index is 2.80. The zero-order chi connectivity index (χ0) is 12.1. The molecule has 1 aromatic rings. The van der Waals surface area contributed by atoms with Crippen LogP contribution in [0.1, 0.15) is 17.3 Å². The summed E-state index contributed by atoms with van der Waals surface area (Å²) < 4.78 is 5.01. The van der Waals surface area contributed by atoms with Gasteiger partial charge in [0.1, 0.15) is 5.75 Å². The highest BCUT2D eigenvalue weighted by Crippen LogP contribution is 2.13. The molecule has 0 spiro atoms. The van der Waals surface area contributed by atoms with Crippen LogP contribution in [0.2, 0.25) is 0 Å². The first-order valence-electron chi connectivity index (χ1n) is 5.12. The predicted octanol–water partition coefficient (Wildman–Crippen LogP) is 1.15. The van der Waals surface area contributed by atoms with Gasteiger partial charge in [-0.05, 0) is 31.2 Å². The van der Waals surface area contributed by atoms with Crippen LogP contribution in [-0.2, 0) is 0 Å². The van der Waals surface area contributed by atoms with Crippen molar-refractivity contribution in [3.8, 4) is 5.75 Å². The molecule has 0 aromatic heterocycles. The Labute approximate surface area is 95.5 Å². The van der Waals surface area contributed by atoms with Crippen molar-refractivity contribution in [3.63, 3.8) is 0 Å². The smallest absolute Gasteiger partial charge is 0.253 e. The van der Waals surface area contributed by atoms with E-state index >= 15 is 0 Å². The monoisotopic (exact) mass is 223 g/mol. The number of ether oxygens (including phenoxy) is 1. The van der Waals surface area contributed by atoms with Crippen LogP contribution >= 0.6 is 0 Å². The molecule has 4 heteroatoms. The molecule has 1 amide bonds. The number of carbonyl (C=O) groups excluding carboxylic acids is 1. The van der Waals surface area contributed by atoms with E-state index < -0.39 is 0 Å². The van der Waals surface area contributed by atoms with Gasteiger partial charge in [-0.1, -0.05) is 0 Å². The summed E-state index contributed by atoms with van der Waals surface area (Å²) in [6.45, 7) is 1.75. The fourth-order valence-electron chi connectivity index (χ4n) is 1.26. The molecule has 88 valence electrons. The summed E-state index contributed by atoms with van der Waals surface area (Å²) in [6.07, 6.45) is 0. The van der Waals surface area contributed by atoms with Crippen LogP contribution in [0.5, 0.6) is 5.75 Å². The summed E-state index contributed by atoms with van der Waals surface area (Å²) in [5, 5.41) is 8.97. The zero-order valence-corrected chi connectivity index (χ0v) is 9.80. The minimum atomic E-state index is -0.186. The maximum absolute atomic E-state index is 11.9. The number of carbonyl (C=O) groups is 1. The zero-order valence-electron chi connectivity index (χ0n) is 9.80. The van der Waals surface area contributed by atoms with Crippen molar-refractivity contribution < 1.29 is 14.6 Å². The summed E-state index contributed by atoms with van der Waals surface area (Å²) in [7, 11) is 3.25. The lowest BCUT2D eigenvalue weighted by atomic mass is 10.1. The van der Waals surface area contributed by atoms with Crippen molar-refractivity contribution in [1.29, 1.82) is 0 Å². The first kappa shape index (κ1) is 12.5. The molecule has 1 N–H and O–H groups in total. The summed E-state index contributed by atoms with van der Waals surface area (Å²) in [5.41, 5.74) is 0.587. The maximum Gasteiger partial charge on any atom is 0.253 e. The number of rotatable bonds is 4. The standard InChI is InChI=1S/C12H17NO3/c1-9(8-14)13(2)12(15)10-4-6-11(16-3)7-5-10/h4-7,9,14H,8H2,1-3H3. The van der Waals surface area contributed by atoms with E-state index in [1.807, 2.05) is 0 Å². The number of hydrogen-bond acceptors (Lipinski definition) is 3. The molecule has 1 aromatic carbocycles. The van der Waals surface area contributed by atoms with E-state index in [2.05, 4.69) is 0 Å². The molecule has 0 bridgehead atoms. The van der Waals surface area contributed by atoms with Crippen molar-refractivity contribution in [2.75, 3.05) is 20.8 Å². The van der Waals surface area contributed by atoms with Gasteiger partial charge in [0.15, 0.2) is 0 Å². The van der Waals surface area contributed by atoms with Crippen molar-refractivity contribution in [2.45, 2.75) is 13.0 Å². The third-order valence-corrected chi connectivity index (χ3v) is 2.58. The van der Waals surface area contributed by atoms with Crippen LogP contribution < -0.4 is 4.74 Å². The second kappa shape index (κ2) is 5.51. The van der Waals surface area contributed by atoms with Crippen molar-refractivity contribution in [1.82, 2.24) is 4.90 Å². The van der Waals surface area contributed by atoms with Gasteiger partial charge in [0.2, 0.25) is 0 Å². The number of benzene rings is 1. The highest BCUT2D eigenvalue weighted by atomic mass is 16.5. The minimum absolute atomic E-state index is 0.0433. The number of likely N-dealkylation sites (N-methyl/N-ethyl adjacent to an activating group) is 1. The topological polar surface area (TPSA) is 49.8 Å². The summed E-state index contributed by atoms with van der Waals surface area (Å²) in [6, 6.07) is 6.72. The van der Waals surface area contributed by atoms with Crippen LogP contribution in [0, 0.1) is 0 Å². The molecular formula is C12H17NO3. The first-order valence-corrected chi connectivity index (χ1v) is 5.12. The average molecular weight is 223 g/mol. The number of hydrogen-bond donors (Lipinski definition) is 1. The Kier molecular flexibility index (Phi) is 4.31. The number of aliphatic hydroxyl groups excluding tert-OH is 1. The van der Waals surface area contributed by atoms with E-state index in [1.165, 1.54) is 4.90 Å². The van der Waals surface area contributed by atoms with Gasteiger partial charge in [-0.2, -0.15) is 0 Å². The van der Waals surface area contributed by atoms with E-state index in [0.29, 0.717) is 5.56 Å². The Bertz CT molecular complexity index is 348. The molecule has 1 atom stereocenters. The number of amides is 1. The van der Waals surface area contributed by atoms with Gasteiger partial charge in [-0.25, -0.2) is 0 Å². The third kappa shape index (κ3) is 2.73. The van der Waals surface area contributed by atoms with Gasteiger partial charge in [0.25, 0.3) is 5.91 Å². The summed E-state index contributed by atoms with van der Waals surface area (Å²) in [5.74, 6) is 0.610. The molecule has 0 aliphatic rings. The Morgan fingerprint density at radius 2 is 2.00 bits per heavy atom. The van der Waals surface area contributed by atoms with Gasteiger partial charge in [0, 0.05) is 12.6 Å². The van der Waals surface area contributed by atoms with E-state index in [1.54, 1.807) is 45.3 Å². The van der Waals surface area contributed by atoms with E-state index in [4.69, 9.17) is 9.84 Å². The molecule has 0 saturated heterocycles. The number of nitrogens with zero attached hydrogens (tertiary/aromatic N) is 1. The van der Waals surface area contributed by atoms with E-state index in [9.17, 15) is 4.79 Å². The SMILES string of the molecule is COc1ccc(C(=O)N(C)C(C)CO)cc1. The van der Waals surface area contributed by atoms with Crippen molar-refractivity contribution in [3.05, 3.63) is 29.8 Å². The highest BCUT2D eigenvalue weighted by molar-refractivity contribution is 5.94. The lowest BCUT2D eigenvalue weighted by Crippen LogP contribution is -2.37. The Morgan fingerprint density at radius 3 is 2.44 bits per heavy atom. The predicted molar refractivity (Wildman–Crippen MR) is 61.6 cm³/mol. The minimum Gasteiger partial charge on any atom is -0.497 e. The normalized spacial score (nSPS) is 12.0. The Hall–Kier alpha value is -1.55. The maximum atomic E-state index is 11.9. The molecule has 1 unspecified atom stereocenters. The van der Waals surface area contributed by atoms with Crippen molar-refractivity contribution >= 4 is 5.91 Å². The quantitative estimate of drug-likeness (QED) is 0.833. The second-order valence-electron chi connectivity index (χ2n) is 3.68. The van der Waals surface area contributed by atoms with E-state index in [0.717, 1.165) is 5.75 Å². The highest BCUT2D eigenvalue weighted by Gasteiger charge is 2.16. The van der Waals surface area contributed by atoms with E-state index in [-0.39, 0.29) is 18.6 Å². The lowest BCUT2D eigenvalue weighted by molar-refractivity contribution is 0.0682. The summed E-state index contributed by atoms with van der Waals surface area (Å²) >= 11 is 0. The molecule has 1 rings (SSSR count). The molecule has 0 fully saturated rings. The molecule has 0 heterocycles. The molecule has 0 saturated carbocycles. The molecular weight excluding hydrogens is 206 g/mol. The Morgan fingerprint density at radius 1 is 1.44 bits per heavy atom. The van der Waals surface area contributed by atoms with Gasteiger partial charge in [0.05, 0.1) is 19.8 Å². The number of methoxy groups -OCH3 is 1. The molecule has 0 aliphatic heterocycles. The van der Waals surface area contributed by atoms with Crippen LogP contribution in [-0.4, -0.2) is 42.7 Å². The molecule has 4 nitrogen and oxygen atoms in total. The largest absolute Gasteiger partial charge is 0.497 e. The summed E-state index contributed by atoms with van der Waals surface area (Å²) in [4.78, 5) is 13.4. The van der Waals surface area contributed by atoms with Gasteiger partial charge < -0.3 is 14.7 Å². The fourth-order valence-corrected chi connectivity index (χ4v) is 1.26. The van der Waals surface area contributed by atoms with Crippen LogP contribution in [0.4, 0.5) is 0 Å². The first-order chi connectivity index (χ1) is 7.60. The third-order valence-electron chi connectivity index (χ3n) is 2.58. The molecule has 16 heavy (non-hydrogen) atoms. The van der Waals surface area contributed by atoms with Gasteiger partial charge in [-0.15, -0.1) is 0 Å². The molecule has 0 radical (unpaired) electrons. The van der Waals surface area contributed by atoms with Gasteiger partial charge >= 0.3 is 0 Å². The second-order valence-corrected chi connectivity index (χ2v) is 3.68. The average Bonchev–Trinajstić information content (AvgIpc) is 2.36. The van der Waals surface area contributed by atoms with Crippen LogP contribution in [0.25, 0.3) is 0 Å². The van der Waals surface area contributed by atoms with Crippen LogP contribution in [0.15, 0.2) is 24.3 Å². The lowest BCUT2D eigenvalue weighted by Gasteiger charge is -2.23.